The topological polar surface area (TPSA) is 136 Å². The van der Waals surface area contributed by atoms with Gasteiger partial charge in [-0.25, -0.2) is 4.79 Å². The summed E-state index contributed by atoms with van der Waals surface area (Å²) in [5, 5.41) is 15.0. The number of ether oxygens (including phenoxy) is 4. The van der Waals surface area contributed by atoms with E-state index in [0.717, 1.165) is 0 Å². The summed E-state index contributed by atoms with van der Waals surface area (Å²) < 4.78 is 21.7. The van der Waals surface area contributed by atoms with E-state index < -0.39 is 11.9 Å². The van der Waals surface area contributed by atoms with Gasteiger partial charge < -0.3 is 29.6 Å². The standard InChI is InChI=1S/C29H26BrN3O7/c1-4-39-25-15-18(13-20(16-31)28(35)33-22-7-5-19(6-8-22)29(36)38-3)14-24(30)27(25)40-17-26(34)32-21-9-11-23(37-2)12-10-21/h5-15H,4,17H2,1-3H3,(H,32,34)(H,33,35)/b20-13-. The van der Waals surface area contributed by atoms with Gasteiger partial charge in [0.15, 0.2) is 18.1 Å². The van der Waals surface area contributed by atoms with Gasteiger partial charge in [0.05, 0.1) is 30.9 Å². The fourth-order valence-corrected chi connectivity index (χ4v) is 3.98. The average Bonchev–Trinajstić information content (AvgIpc) is 2.96. The summed E-state index contributed by atoms with van der Waals surface area (Å²) in [5.41, 5.74) is 1.62. The number of esters is 1. The van der Waals surface area contributed by atoms with Gasteiger partial charge in [-0.1, -0.05) is 0 Å². The van der Waals surface area contributed by atoms with Crippen molar-refractivity contribution in [3.63, 3.8) is 0 Å². The van der Waals surface area contributed by atoms with E-state index >= 15 is 0 Å². The predicted molar refractivity (Wildman–Crippen MR) is 152 cm³/mol. The van der Waals surface area contributed by atoms with E-state index in [9.17, 15) is 19.6 Å². The van der Waals surface area contributed by atoms with Crippen molar-refractivity contribution in [3.05, 3.63) is 81.8 Å². The molecule has 2 N–H and O–H groups in total. The Morgan fingerprint density at radius 2 is 1.60 bits per heavy atom. The van der Waals surface area contributed by atoms with Crippen LogP contribution < -0.4 is 24.8 Å². The summed E-state index contributed by atoms with van der Waals surface area (Å²) in [6.45, 7) is 1.80. The molecule has 2 amide bonds. The lowest BCUT2D eigenvalue weighted by atomic mass is 10.1. The second-order valence-corrected chi connectivity index (χ2v) is 8.88. The van der Waals surface area contributed by atoms with Gasteiger partial charge in [0.2, 0.25) is 0 Å². The Hall–Kier alpha value is -4.82. The molecule has 3 rings (SSSR count). The van der Waals surface area contributed by atoms with E-state index in [4.69, 9.17) is 14.2 Å². The van der Waals surface area contributed by atoms with Gasteiger partial charge >= 0.3 is 5.97 Å². The number of nitrogens with one attached hydrogen (secondary N) is 2. The zero-order valence-electron chi connectivity index (χ0n) is 21.9. The molecule has 0 heterocycles. The van der Waals surface area contributed by atoms with Crippen LogP contribution in [0.3, 0.4) is 0 Å². The maximum absolute atomic E-state index is 12.7. The molecule has 3 aromatic carbocycles. The quantitative estimate of drug-likeness (QED) is 0.172. The monoisotopic (exact) mass is 607 g/mol. The van der Waals surface area contributed by atoms with Crippen LogP contribution in [0, 0.1) is 11.3 Å². The lowest BCUT2D eigenvalue weighted by Crippen LogP contribution is -2.20. The minimum Gasteiger partial charge on any atom is -0.497 e. The minimum absolute atomic E-state index is 0.168. The summed E-state index contributed by atoms with van der Waals surface area (Å²) in [6, 6.07) is 18.0. The molecule has 0 bridgehead atoms. The Morgan fingerprint density at radius 1 is 0.950 bits per heavy atom. The van der Waals surface area contributed by atoms with Gasteiger partial charge in [-0.3, -0.25) is 9.59 Å². The number of benzene rings is 3. The fourth-order valence-electron chi connectivity index (χ4n) is 3.40. The molecular weight excluding hydrogens is 582 g/mol. The first-order valence-corrected chi connectivity index (χ1v) is 12.7. The normalized spacial score (nSPS) is 10.6. The maximum atomic E-state index is 12.7. The van der Waals surface area contributed by atoms with Gasteiger partial charge in [0, 0.05) is 11.4 Å². The third-order valence-electron chi connectivity index (χ3n) is 5.29. The molecule has 3 aromatic rings. The number of rotatable bonds is 11. The zero-order valence-corrected chi connectivity index (χ0v) is 23.5. The summed E-state index contributed by atoms with van der Waals surface area (Å²) in [4.78, 5) is 36.8. The van der Waals surface area contributed by atoms with Crippen molar-refractivity contribution in [2.75, 3.05) is 38.1 Å². The van der Waals surface area contributed by atoms with Crippen molar-refractivity contribution < 1.29 is 33.3 Å². The van der Waals surface area contributed by atoms with Crippen LogP contribution in [0.4, 0.5) is 11.4 Å². The Kier molecular flexibility index (Phi) is 10.7. The molecule has 0 radical (unpaired) electrons. The highest BCUT2D eigenvalue weighted by Crippen LogP contribution is 2.37. The van der Waals surface area contributed by atoms with Gasteiger partial charge in [-0.05, 0) is 95.2 Å². The number of anilines is 2. The summed E-state index contributed by atoms with van der Waals surface area (Å²) >= 11 is 3.43. The molecule has 11 heteroatoms. The molecule has 0 aliphatic carbocycles. The smallest absolute Gasteiger partial charge is 0.337 e. The number of methoxy groups -OCH3 is 2. The molecule has 0 aromatic heterocycles. The lowest BCUT2D eigenvalue weighted by Gasteiger charge is -2.15. The van der Waals surface area contributed by atoms with Gasteiger partial charge in [0.1, 0.15) is 17.4 Å². The third kappa shape index (κ3) is 8.09. The van der Waals surface area contributed by atoms with Crippen molar-refractivity contribution in [1.29, 1.82) is 5.26 Å². The first kappa shape index (κ1) is 29.7. The Morgan fingerprint density at radius 3 is 2.20 bits per heavy atom. The number of carbonyl (C=O) groups is 3. The van der Waals surface area contributed by atoms with E-state index in [1.807, 2.05) is 6.07 Å². The molecule has 40 heavy (non-hydrogen) atoms. The summed E-state index contributed by atoms with van der Waals surface area (Å²) in [6.07, 6.45) is 1.39. The molecule has 0 saturated heterocycles. The molecule has 0 unspecified atom stereocenters. The van der Waals surface area contributed by atoms with Crippen LogP contribution in [0.5, 0.6) is 17.2 Å². The predicted octanol–water partition coefficient (Wildman–Crippen LogP) is 5.21. The van der Waals surface area contributed by atoms with Crippen LogP contribution in [0.2, 0.25) is 0 Å². The average molecular weight is 608 g/mol. The van der Waals surface area contributed by atoms with E-state index in [1.165, 1.54) is 37.5 Å². The van der Waals surface area contributed by atoms with Gasteiger partial charge in [-0.15, -0.1) is 0 Å². The second kappa shape index (κ2) is 14.4. The number of hydrogen-bond donors (Lipinski definition) is 2. The Labute approximate surface area is 239 Å². The molecule has 0 fully saturated rings. The van der Waals surface area contributed by atoms with Crippen molar-refractivity contribution in [2.45, 2.75) is 6.92 Å². The highest BCUT2D eigenvalue weighted by atomic mass is 79.9. The van der Waals surface area contributed by atoms with Crippen LogP contribution in [-0.4, -0.2) is 45.2 Å². The van der Waals surface area contributed by atoms with Crippen molar-refractivity contribution in [1.82, 2.24) is 0 Å². The number of amides is 2. The lowest BCUT2D eigenvalue weighted by molar-refractivity contribution is -0.118. The molecule has 0 aliphatic rings. The molecule has 0 saturated carbocycles. The van der Waals surface area contributed by atoms with E-state index in [0.29, 0.717) is 45.1 Å². The van der Waals surface area contributed by atoms with Crippen molar-refractivity contribution in [2.24, 2.45) is 0 Å². The van der Waals surface area contributed by atoms with Gasteiger partial charge in [-0.2, -0.15) is 5.26 Å². The van der Waals surface area contributed by atoms with Crippen LogP contribution in [0.1, 0.15) is 22.8 Å². The number of carbonyl (C=O) groups excluding carboxylic acids is 3. The number of halogens is 1. The molecule has 206 valence electrons. The molecule has 0 atom stereocenters. The minimum atomic E-state index is -0.641. The number of nitriles is 1. The summed E-state index contributed by atoms with van der Waals surface area (Å²) in [5.74, 6) is -0.255. The van der Waals surface area contributed by atoms with E-state index in [-0.39, 0.29) is 23.8 Å². The first-order chi connectivity index (χ1) is 19.3. The van der Waals surface area contributed by atoms with Crippen molar-refractivity contribution in [3.8, 4) is 23.3 Å². The largest absolute Gasteiger partial charge is 0.497 e. The molecular formula is C29H26BrN3O7. The van der Waals surface area contributed by atoms with Crippen LogP contribution >= 0.6 is 15.9 Å². The highest BCUT2D eigenvalue weighted by Gasteiger charge is 2.16. The number of hydrogen-bond acceptors (Lipinski definition) is 8. The molecule has 0 aliphatic heterocycles. The zero-order chi connectivity index (χ0) is 29.1. The molecule has 0 spiro atoms. The van der Waals surface area contributed by atoms with Crippen LogP contribution in [0.25, 0.3) is 6.08 Å². The number of nitrogens with zero attached hydrogens (tertiary/aromatic N) is 1. The van der Waals surface area contributed by atoms with Gasteiger partial charge in [0.25, 0.3) is 11.8 Å². The first-order valence-electron chi connectivity index (χ1n) is 11.9. The second-order valence-electron chi connectivity index (χ2n) is 8.02. The highest BCUT2D eigenvalue weighted by molar-refractivity contribution is 9.10. The maximum Gasteiger partial charge on any atom is 0.337 e. The SMILES string of the molecule is CCOc1cc(/C=C(/C#N)C(=O)Nc2ccc(C(=O)OC)cc2)cc(Br)c1OCC(=O)Nc1ccc(OC)cc1. The third-order valence-corrected chi connectivity index (χ3v) is 5.88. The van der Waals surface area contributed by atoms with Crippen molar-refractivity contribution >= 4 is 51.2 Å². The molecule has 10 nitrogen and oxygen atoms in total. The Bertz CT molecular complexity index is 1450. The van der Waals surface area contributed by atoms with Crippen LogP contribution in [-0.2, 0) is 14.3 Å². The van der Waals surface area contributed by atoms with E-state index in [2.05, 4.69) is 31.3 Å². The van der Waals surface area contributed by atoms with Crippen LogP contribution in [0.15, 0.2) is 70.7 Å². The summed E-state index contributed by atoms with van der Waals surface area (Å²) in [7, 11) is 2.83. The van der Waals surface area contributed by atoms with E-state index in [1.54, 1.807) is 50.4 Å². The fraction of sp³-hybridized carbons (Fsp3) is 0.172. The Balaban J connectivity index is 1.73.